The van der Waals surface area contributed by atoms with Crippen LogP contribution in [0.2, 0.25) is 0 Å². The Bertz CT molecular complexity index is 843. The zero-order chi connectivity index (χ0) is 38.9. The predicted molar refractivity (Wildman–Crippen MR) is 227 cm³/mol. The van der Waals surface area contributed by atoms with Crippen molar-refractivity contribution in [1.29, 1.82) is 0 Å². The minimum atomic E-state index is -0.787. The molecule has 1 amide bonds. The van der Waals surface area contributed by atoms with Crippen LogP contribution in [-0.4, -0.2) is 46.9 Å². The van der Waals surface area contributed by atoms with Gasteiger partial charge in [0, 0.05) is 6.42 Å². The Morgan fingerprint density at radius 2 is 0.925 bits per heavy atom. The highest BCUT2D eigenvalue weighted by Crippen LogP contribution is 2.17. The highest BCUT2D eigenvalue weighted by atomic mass is 16.5. The first-order valence-electron chi connectivity index (χ1n) is 23.1. The van der Waals surface area contributed by atoms with Gasteiger partial charge in [-0.05, 0) is 64.2 Å². The average molecular weight is 748 g/mol. The standard InChI is InChI=1S/C47H89NO5/c1-4-7-10-13-16-19-21-22-23-25-27-30-33-36-39-45(50)44(42-49)48-46(51)41-43(38-35-32-29-26-18-15-12-9-6-3)53-47(52)40-37-34-31-28-24-20-17-14-11-8-5-2/h14-15,17-18,43-45,49-50H,4-13,16,19-42H2,1-3H3,(H,48,51)/b17-14-,18-15-. The molecule has 3 atom stereocenters. The SMILES string of the molecule is CCCC/C=C\CCCCCCCC(=O)OC(CCCCC/C=C\CCCC)CC(=O)NC(CO)C(O)CCCCCCCCCCCCCCCC. The molecule has 0 aromatic carbocycles. The van der Waals surface area contributed by atoms with Crippen LogP contribution < -0.4 is 5.32 Å². The molecule has 312 valence electrons. The number of rotatable bonds is 41. The van der Waals surface area contributed by atoms with E-state index in [9.17, 15) is 19.8 Å². The van der Waals surface area contributed by atoms with Crippen molar-refractivity contribution in [2.75, 3.05) is 6.61 Å². The fraction of sp³-hybridized carbons (Fsp3) is 0.872. The van der Waals surface area contributed by atoms with Crippen molar-refractivity contribution in [2.24, 2.45) is 0 Å². The van der Waals surface area contributed by atoms with E-state index in [4.69, 9.17) is 4.74 Å². The van der Waals surface area contributed by atoms with Crippen molar-refractivity contribution < 1.29 is 24.5 Å². The number of nitrogens with one attached hydrogen (secondary N) is 1. The van der Waals surface area contributed by atoms with Crippen molar-refractivity contribution in [3.63, 3.8) is 0 Å². The van der Waals surface area contributed by atoms with E-state index in [1.165, 1.54) is 122 Å². The van der Waals surface area contributed by atoms with Gasteiger partial charge in [0.05, 0.1) is 25.2 Å². The van der Waals surface area contributed by atoms with Crippen molar-refractivity contribution in [3.05, 3.63) is 24.3 Å². The minimum Gasteiger partial charge on any atom is -0.462 e. The molecule has 0 aromatic rings. The molecule has 53 heavy (non-hydrogen) atoms. The molecule has 0 aliphatic heterocycles. The maximum atomic E-state index is 13.1. The summed E-state index contributed by atoms with van der Waals surface area (Å²) < 4.78 is 5.87. The van der Waals surface area contributed by atoms with Crippen LogP contribution >= 0.6 is 0 Å². The van der Waals surface area contributed by atoms with Crippen LogP contribution in [0.1, 0.15) is 239 Å². The second-order valence-corrected chi connectivity index (χ2v) is 15.8. The van der Waals surface area contributed by atoms with Crippen LogP contribution in [0.3, 0.4) is 0 Å². The maximum Gasteiger partial charge on any atom is 0.306 e. The number of hydrogen-bond donors (Lipinski definition) is 3. The number of esters is 1. The summed E-state index contributed by atoms with van der Waals surface area (Å²) in [5, 5.41) is 23.6. The van der Waals surface area contributed by atoms with Gasteiger partial charge < -0.3 is 20.3 Å². The van der Waals surface area contributed by atoms with Crippen LogP contribution in [0.15, 0.2) is 24.3 Å². The van der Waals surface area contributed by atoms with Crippen molar-refractivity contribution >= 4 is 11.9 Å². The molecule has 3 unspecified atom stereocenters. The Labute approximate surface area is 329 Å². The molecule has 0 radical (unpaired) electrons. The van der Waals surface area contributed by atoms with Crippen molar-refractivity contribution in [1.82, 2.24) is 5.32 Å². The summed E-state index contributed by atoms with van der Waals surface area (Å²) in [6.07, 6.45) is 45.3. The lowest BCUT2D eigenvalue weighted by Crippen LogP contribution is -2.46. The summed E-state index contributed by atoms with van der Waals surface area (Å²) in [7, 11) is 0. The van der Waals surface area contributed by atoms with E-state index in [1.54, 1.807) is 0 Å². The lowest BCUT2D eigenvalue weighted by molar-refractivity contribution is -0.151. The molecule has 0 rings (SSSR count). The van der Waals surface area contributed by atoms with Gasteiger partial charge in [-0.3, -0.25) is 9.59 Å². The Morgan fingerprint density at radius 1 is 0.528 bits per heavy atom. The molecular weight excluding hydrogens is 659 g/mol. The van der Waals surface area contributed by atoms with Gasteiger partial charge in [-0.2, -0.15) is 0 Å². The first-order chi connectivity index (χ1) is 26.0. The Morgan fingerprint density at radius 3 is 1.42 bits per heavy atom. The molecule has 6 nitrogen and oxygen atoms in total. The first-order valence-corrected chi connectivity index (χ1v) is 23.1. The van der Waals surface area contributed by atoms with Gasteiger partial charge in [-0.1, -0.05) is 186 Å². The van der Waals surface area contributed by atoms with E-state index < -0.39 is 18.2 Å². The number of hydrogen-bond acceptors (Lipinski definition) is 5. The first kappa shape index (κ1) is 51.3. The van der Waals surface area contributed by atoms with Gasteiger partial charge >= 0.3 is 5.97 Å². The number of ether oxygens (including phenoxy) is 1. The van der Waals surface area contributed by atoms with Crippen LogP contribution in [0.4, 0.5) is 0 Å². The number of allylic oxidation sites excluding steroid dienone is 4. The van der Waals surface area contributed by atoms with Crippen LogP contribution in [-0.2, 0) is 14.3 Å². The lowest BCUT2D eigenvalue weighted by atomic mass is 10.0. The molecule has 0 fully saturated rings. The fourth-order valence-corrected chi connectivity index (χ4v) is 6.92. The molecule has 0 spiro atoms. The largest absolute Gasteiger partial charge is 0.462 e. The summed E-state index contributed by atoms with van der Waals surface area (Å²) in [6, 6.07) is -0.702. The molecule has 0 aliphatic rings. The van der Waals surface area contributed by atoms with E-state index in [2.05, 4.69) is 50.4 Å². The summed E-state index contributed by atoms with van der Waals surface area (Å²) in [5.74, 6) is -0.499. The second-order valence-electron chi connectivity index (χ2n) is 15.8. The van der Waals surface area contributed by atoms with Gasteiger partial charge in [-0.15, -0.1) is 0 Å². The highest BCUT2D eigenvalue weighted by Gasteiger charge is 2.24. The summed E-state index contributed by atoms with van der Waals surface area (Å²) in [5.41, 5.74) is 0. The third-order valence-electron chi connectivity index (χ3n) is 10.5. The topological polar surface area (TPSA) is 95.9 Å². The molecule has 0 heterocycles. The zero-order valence-corrected chi connectivity index (χ0v) is 35.4. The molecule has 0 bridgehead atoms. The summed E-state index contributed by atoms with van der Waals surface area (Å²) in [6.45, 7) is 6.39. The van der Waals surface area contributed by atoms with E-state index in [-0.39, 0.29) is 24.9 Å². The number of carbonyl (C=O) groups excluding carboxylic acids is 2. The number of carbonyl (C=O) groups is 2. The molecule has 0 saturated heterocycles. The van der Waals surface area contributed by atoms with Crippen LogP contribution in [0.5, 0.6) is 0 Å². The molecule has 3 N–H and O–H groups in total. The van der Waals surface area contributed by atoms with E-state index in [0.29, 0.717) is 19.3 Å². The number of amides is 1. The number of aliphatic hydroxyl groups excluding tert-OH is 2. The van der Waals surface area contributed by atoms with E-state index in [0.717, 1.165) is 70.6 Å². The van der Waals surface area contributed by atoms with Gasteiger partial charge in [0.25, 0.3) is 0 Å². The van der Waals surface area contributed by atoms with Crippen LogP contribution in [0.25, 0.3) is 0 Å². The highest BCUT2D eigenvalue weighted by molar-refractivity contribution is 5.77. The Hall–Kier alpha value is -1.66. The maximum absolute atomic E-state index is 13.1. The third-order valence-corrected chi connectivity index (χ3v) is 10.5. The number of unbranched alkanes of at least 4 members (excludes halogenated alkanes) is 25. The van der Waals surface area contributed by atoms with Gasteiger partial charge in [0.15, 0.2) is 0 Å². The Kier molecular flexibility index (Phi) is 40.2. The average Bonchev–Trinajstić information content (AvgIpc) is 3.15. The van der Waals surface area contributed by atoms with Crippen molar-refractivity contribution in [2.45, 2.75) is 257 Å². The van der Waals surface area contributed by atoms with Crippen molar-refractivity contribution in [3.8, 4) is 0 Å². The molecule has 0 aromatic heterocycles. The predicted octanol–water partition coefficient (Wildman–Crippen LogP) is 13.2. The van der Waals surface area contributed by atoms with E-state index >= 15 is 0 Å². The normalized spacial score (nSPS) is 13.5. The monoisotopic (exact) mass is 748 g/mol. The molecule has 0 aliphatic carbocycles. The van der Waals surface area contributed by atoms with Crippen LogP contribution in [0, 0.1) is 0 Å². The van der Waals surface area contributed by atoms with Gasteiger partial charge in [0.1, 0.15) is 6.10 Å². The lowest BCUT2D eigenvalue weighted by Gasteiger charge is -2.24. The van der Waals surface area contributed by atoms with Gasteiger partial charge in [-0.25, -0.2) is 0 Å². The molecule has 6 heteroatoms. The summed E-state index contributed by atoms with van der Waals surface area (Å²) >= 11 is 0. The third kappa shape index (κ3) is 37.1. The number of aliphatic hydroxyl groups is 2. The van der Waals surface area contributed by atoms with E-state index in [1.807, 2.05) is 0 Å². The minimum absolute atomic E-state index is 0.0660. The fourth-order valence-electron chi connectivity index (χ4n) is 6.92. The van der Waals surface area contributed by atoms with Gasteiger partial charge in [0.2, 0.25) is 5.91 Å². The smallest absolute Gasteiger partial charge is 0.306 e. The zero-order valence-electron chi connectivity index (χ0n) is 35.4. The molecule has 0 saturated carbocycles. The second kappa shape index (κ2) is 41.5. The summed E-state index contributed by atoms with van der Waals surface area (Å²) in [4.78, 5) is 25.9. The molecular formula is C47H89NO5. The quantitative estimate of drug-likeness (QED) is 0.0329. The Balaban J connectivity index is 4.50.